The average molecular weight is 395 g/mol. The highest BCUT2D eigenvalue weighted by atomic mass is 14.6. The molecule has 0 bridgehead atoms. The van der Waals surface area contributed by atoms with E-state index in [1.165, 1.54) is 57.8 Å². The quantitative estimate of drug-likeness (QED) is 0.409. The minimum Gasteiger partial charge on any atom is -0.102 e. The molecule has 0 spiro atoms. The van der Waals surface area contributed by atoms with Crippen molar-refractivity contribution in [1.82, 2.24) is 0 Å². The molecule has 0 nitrogen and oxygen atoms in total. The molecule has 0 aromatic rings. The van der Waals surface area contributed by atoms with Crippen molar-refractivity contribution in [2.24, 2.45) is 52.3 Å². The average Bonchev–Trinajstić information content (AvgIpc) is 3.05. The Morgan fingerprint density at radius 1 is 1.00 bits per heavy atom. The van der Waals surface area contributed by atoms with Crippen molar-refractivity contribution < 1.29 is 0 Å². The Hall–Kier alpha value is -0.780. The lowest BCUT2D eigenvalue weighted by molar-refractivity contribution is -0.0462. The Morgan fingerprint density at radius 3 is 2.52 bits per heavy atom. The summed E-state index contributed by atoms with van der Waals surface area (Å²) in [6, 6.07) is 0. The molecule has 8 atom stereocenters. The van der Waals surface area contributed by atoms with Crippen LogP contribution in [0.15, 0.2) is 36.5 Å². The van der Waals surface area contributed by atoms with Crippen molar-refractivity contribution in [2.45, 2.75) is 92.4 Å². The van der Waals surface area contributed by atoms with Gasteiger partial charge in [-0.25, -0.2) is 0 Å². The zero-order valence-electron chi connectivity index (χ0n) is 19.9. The van der Waals surface area contributed by atoms with E-state index in [2.05, 4.69) is 65.5 Å². The molecule has 0 heterocycles. The van der Waals surface area contributed by atoms with Crippen LogP contribution in [0.4, 0.5) is 0 Å². The second kappa shape index (κ2) is 8.05. The molecule has 0 radical (unpaired) electrons. The third-order valence-electron chi connectivity index (χ3n) is 10.4. The molecule has 0 unspecified atom stereocenters. The zero-order chi connectivity index (χ0) is 20.8. The first-order valence-electron chi connectivity index (χ1n) is 12.8. The van der Waals surface area contributed by atoms with Gasteiger partial charge in [0.2, 0.25) is 0 Å². The summed E-state index contributed by atoms with van der Waals surface area (Å²) in [5, 5.41) is 0. The molecule has 162 valence electrons. The number of rotatable bonds is 5. The van der Waals surface area contributed by atoms with Gasteiger partial charge in [-0.05, 0) is 104 Å². The fourth-order valence-electron chi connectivity index (χ4n) is 8.61. The lowest BCUT2D eigenvalue weighted by Crippen LogP contribution is -2.49. The molecule has 4 aliphatic rings. The first-order valence-corrected chi connectivity index (χ1v) is 12.8. The van der Waals surface area contributed by atoms with Crippen LogP contribution in [0.3, 0.4) is 0 Å². The van der Waals surface area contributed by atoms with Crippen LogP contribution < -0.4 is 0 Å². The molecule has 0 aliphatic heterocycles. The molecule has 4 aliphatic carbocycles. The monoisotopic (exact) mass is 394 g/mol. The summed E-state index contributed by atoms with van der Waals surface area (Å²) in [7, 11) is 0. The van der Waals surface area contributed by atoms with Crippen molar-refractivity contribution >= 4 is 0 Å². The van der Waals surface area contributed by atoms with Gasteiger partial charge in [0.05, 0.1) is 0 Å². The lowest BCUT2D eigenvalue weighted by Gasteiger charge is -2.58. The van der Waals surface area contributed by atoms with Crippen molar-refractivity contribution in [3.05, 3.63) is 36.5 Å². The highest BCUT2D eigenvalue weighted by Crippen LogP contribution is 2.67. The summed E-state index contributed by atoms with van der Waals surface area (Å²) >= 11 is 0. The van der Waals surface area contributed by atoms with E-state index < -0.39 is 0 Å². The van der Waals surface area contributed by atoms with Crippen molar-refractivity contribution in [3.63, 3.8) is 0 Å². The van der Waals surface area contributed by atoms with E-state index in [1.54, 1.807) is 0 Å². The minimum atomic E-state index is 0.520. The standard InChI is InChI=1S/C29H46/c1-7-22(20(2)3)12-11-21(4)25-15-16-26-24-14-13-23-10-8-9-18-28(23,5)27(24)17-19-29(25,26)6/h7,11-13,20-22,24-27H,1,8-10,14-19H2,2-6H3/b12-11+/t21-,22+,24+,25-,26+,27+,28+,29-/m1/s1. The van der Waals surface area contributed by atoms with Gasteiger partial charge in [-0.2, -0.15) is 0 Å². The van der Waals surface area contributed by atoms with E-state index in [1.807, 2.05) is 5.57 Å². The number of allylic oxidation sites excluding steroid dienone is 5. The number of hydrogen-bond donors (Lipinski definition) is 0. The predicted octanol–water partition coefficient (Wildman–Crippen LogP) is 8.61. The Balaban J connectivity index is 1.53. The molecule has 4 rings (SSSR count). The lowest BCUT2D eigenvalue weighted by atomic mass is 9.47. The van der Waals surface area contributed by atoms with Crippen molar-refractivity contribution in [3.8, 4) is 0 Å². The van der Waals surface area contributed by atoms with Crippen molar-refractivity contribution in [1.29, 1.82) is 0 Å². The maximum atomic E-state index is 4.06. The Morgan fingerprint density at radius 2 is 1.79 bits per heavy atom. The predicted molar refractivity (Wildman–Crippen MR) is 127 cm³/mol. The van der Waals surface area contributed by atoms with Crippen LogP contribution in [0, 0.1) is 52.3 Å². The van der Waals surface area contributed by atoms with Crippen molar-refractivity contribution in [2.75, 3.05) is 0 Å². The largest absolute Gasteiger partial charge is 0.102 e. The molecule has 0 heteroatoms. The molecule has 0 aromatic heterocycles. The zero-order valence-corrected chi connectivity index (χ0v) is 19.9. The van der Waals surface area contributed by atoms with Crippen LogP contribution in [-0.2, 0) is 0 Å². The van der Waals surface area contributed by atoms with Crippen LogP contribution in [0.1, 0.15) is 92.4 Å². The highest BCUT2D eigenvalue weighted by molar-refractivity contribution is 5.24. The smallest absolute Gasteiger partial charge is 0.00330 e. The number of hydrogen-bond acceptors (Lipinski definition) is 0. The molecule has 0 saturated heterocycles. The molecular formula is C29H46. The fraction of sp³-hybridized carbons (Fsp3) is 0.793. The van der Waals surface area contributed by atoms with E-state index in [-0.39, 0.29) is 0 Å². The van der Waals surface area contributed by atoms with Gasteiger partial charge in [0.15, 0.2) is 0 Å². The van der Waals surface area contributed by atoms with Gasteiger partial charge < -0.3 is 0 Å². The summed E-state index contributed by atoms with van der Waals surface area (Å²) in [6.07, 6.45) is 22.9. The Labute approximate surface area is 181 Å². The maximum Gasteiger partial charge on any atom is -0.00330 e. The molecular weight excluding hydrogens is 348 g/mol. The summed E-state index contributed by atoms with van der Waals surface area (Å²) in [4.78, 5) is 0. The number of fused-ring (bicyclic) bond motifs is 5. The molecule has 3 saturated carbocycles. The van der Waals surface area contributed by atoms with Gasteiger partial charge in [-0.3, -0.25) is 0 Å². The summed E-state index contributed by atoms with van der Waals surface area (Å²) in [5.74, 6) is 5.62. The SMILES string of the molecule is C=C[C@@H](/C=C/[C@@H](C)[C@H]1CC[C@H]2[C@@H]3CC=C4CCCC[C@]4(C)[C@H]3CC[C@]12C)C(C)C. The van der Waals surface area contributed by atoms with E-state index in [0.29, 0.717) is 28.6 Å². The summed E-state index contributed by atoms with van der Waals surface area (Å²) in [6.45, 7) is 16.5. The second-order valence-electron chi connectivity index (χ2n) is 12.0. The van der Waals surface area contributed by atoms with Gasteiger partial charge in [0.25, 0.3) is 0 Å². The van der Waals surface area contributed by atoms with Gasteiger partial charge in [0.1, 0.15) is 0 Å². The normalized spacial score (nSPS) is 44.0. The van der Waals surface area contributed by atoms with E-state index in [9.17, 15) is 0 Å². The third kappa shape index (κ3) is 3.51. The van der Waals surface area contributed by atoms with Gasteiger partial charge in [-0.1, -0.05) is 70.9 Å². The summed E-state index contributed by atoms with van der Waals surface area (Å²) in [5.41, 5.74) is 2.95. The van der Waals surface area contributed by atoms with Gasteiger partial charge >= 0.3 is 0 Å². The summed E-state index contributed by atoms with van der Waals surface area (Å²) < 4.78 is 0. The van der Waals surface area contributed by atoms with Gasteiger partial charge in [0, 0.05) is 0 Å². The van der Waals surface area contributed by atoms with Crippen LogP contribution in [0.2, 0.25) is 0 Å². The first-order chi connectivity index (χ1) is 13.8. The minimum absolute atomic E-state index is 0.520. The van der Waals surface area contributed by atoms with Crippen LogP contribution in [0.5, 0.6) is 0 Å². The van der Waals surface area contributed by atoms with Crippen LogP contribution >= 0.6 is 0 Å². The molecule has 0 amide bonds. The van der Waals surface area contributed by atoms with E-state index in [0.717, 1.165) is 23.7 Å². The second-order valence-corrected chi connectivity index (χ2v) is 12.0. The van der Waals surface area contributed by atoms with Crippen LogP contribution in [0.25, 0.3) is 0 Å². The fourth-order valence-corrected chi connectivity index (χ4v) is 8.61. The molecule has 29 heavy (non-hydrogen) atoms. The molecule has 3 fully saturated rings. The molecule has 0 aromatic carbocycles. The third-order valence-corrected chi connectivity index (χ3v) is 10.4. The first kappa shape index (κ1) is 21.5. The topological polar surface area (TPSA) is 0 Å². The van der Waals surface area contributed by atoms with Gasteiger partial charge in [-0.15, -0.1) is 6.58 Å². The highest BCUT2D eigenvalue weighted by Gasteiger charge is 2.58. The van der Waals surface area contributed by atoms with E-state index >= 15 is 0 Å². The molecule has 0 N–H and O–H groups in total. The van der Waals surface area contributed by atoms with Crippen LogP contribution in [-0.4, -0.2) is 0 Å². The van der Waals surface area contributed by atoms with E-state index in [4.69, 9.17) is 0 Å². The maximum absolute atomic E-state index is 4.06. The Bertz CT molecular complexity index is 666. The Kier molecular flexibility index (Phi) is 5.95.